The molecule has 3 atom stereocenters. The van der Waals surface area contributed by atoms with Crippen molar-refractivity contribution in [3.8, 4) is 0 Å². The van der Waals surface area contributed by atoms with Crippen molar-refractivity contribution >= 4 is 18.2 Å². The molecule has 1 aliphatic heterocycles. The van der Waals surface area contributed by atoms with Gasteiger partial charge in [-0.05, 0) is 19.9 Å². The first-order valence-corrected chi connectivity index (χ1v) is 7.75. The van der Waals surface area contributed by atoms with Crippen LogP contribution in [0, 0.1) is 11.8 Å². The standard InChI is InChI=1S/C15H22N2O7/c1-5-23-14(19)16-11(21-3)7-9-10(8-12(18)22-4)13(9)17(16)15(20)24-6-2/h7,9-10,13H,5-6,8H2,1-4H3/t9-,10+,13-/m1/s1. The van der Waals surface area contributed by atoms with Crippen LogP contribution in [-0.2, 0) is 23.7 Å². The minimum absolute atomic E-state index is 0.117. The molecule has 2 aliphatic rings. The molecule has 0 aromatic heterocycles. The molecule has 1 saturated carbocycles. The van der Waals surface area contributed by atoms with Gasteiger partial charge < -0.3 is 18.9 Å². The lowest BCUT2D eigenvalue weighted by atomic mass is 10.2. The molecule has 0 saturated heterocycles. The smallest absolute Gasteiger partial charge is 0.436 e. The van der Waals surface area contributed by atoms with Gasteiger partial charge in [-0.25, -0.2) is 14.6 Å². The zero-order valence-corrected chi connectivity index (χ0v) is 14.2. The summed E-state index contributed by atoms with van der Waals surface area (Å²) in [6, 6.07) is -0.383. The van der Waals surface area contributed by atoms with E-state index in [2.05, 4.69) is 4.74 Å². The van der Waals surface area contributed by atoms with Crippen LogP contribution in [0.25, 0.3) is 0 Å². The third kappa shape index (κ3) is 3.24. The molecule has 0 aromatic rings. The fourth-order valence-corrected chi connectivity index (χ4v) is 2.87. The molecular weight excluding hydrogens is 320 g/mol. The van der Waals surface area contributed by atoms with Crippen molar-refractivity contribution in [1.29, 1.82) is 0 Å². The van der Waals surface area contributed by atoms with Crippen LogP contribution in [0.15, 0.2) is 12.0 Å². The summed E-state index contributed by atoms with van der Waals surface area (Å²) >= 11 is 0. The van der Waals surface area contributed by atoms with E-state index in [-0.39, 0.29) is 49.4 Å². The average molecular weight is 342 g/mol. The summed E-state index contributed by atoms with van der Waals surface area (Å²) in [6.07, 6.45) is 0.396. The van der Waals surface area contributed by atoms with Crippen molar-refractivity contribution in [1.82, 2.24) is 10.0 Å². The molecule has 0 aromatic carbocycles. The first kappa shape index (κ1) is 17.9. The van der Waals surface area contributed by atoms with Crippen LogP contribution in [0.3, 0.4) is 0 Å². The first-order valence-electron chi connectivity index (χ1n) is 7.75. The Morgan fingerprint density at radius 1 is 1.08 bits per heavy atom. The fraction of sp³-hybridized carbons (Fsp3) is 0.667. The van der Waals surface area contributed by atoms with E-state index in [9.17, 15) is 14.4 Å². The molecule has 1 fully saturated rings. The zero-order chi connectivity index (χ0) is 17.9. The third-order valence-corrected chi connectivity index (χ3v) is 3.96. The minimum Gasteiger partial charge on any atom is -0.481 e. The first-order chi connectivity index (χ1) is 11.5. The Kier molecular flexibility index (Phi) is 5.53. The topological polar surface area (TPSA) is 94.6 Å². The molecule has 24 heavy (non-hydrogen) atoms. The van der Waals surface area contributed by atoms with Gasteiger partial charge in [-0.15, -0.1) is 5.01 Å². The maximum atomic E-state index is 12.4. The predicted molar refractivity (Wildman–Crippen MR) is 80.2 cm³/mol. The number of esters is 1. The highest BCUT2D eigenvalue weighted by Gasteiger charge is 2.61. The number of carbonyl (C=O) groups excluding carboxylic acids is 3. The van der Waals surface area contributed by atoms with Crippen molar-refractivity contribution in [2.24, 2.45) is 11.8 Å². The predicted octanol–water partition coefficient (Wildman–Crippen LogP) is 1.50. The molecule has 1 heterocycles. The fourth-order valence-electron chi connectivity index (χ4n) is 2.87. The average Bonchev–Trinajstić information content (AvgIpc) is 3.25. The summed E-state index contributed by atoms with van der Waals surface area (Å²) in [7, 11) is 2.69. The molecule has 134 valence electrons. The summed E-state index contributed by atoms with van der Waals surface area (Å²) < 4.78 is 20.0. The Morgan fingerprint density at radius 2 is 1.71 bits per heavy atom. The van der Waals surface area contributed by atoms with Gasteiger partial charge in [0.05, 0.1) is 39.9 Å². The highest BCUT2D eigenvalue weighted by molar-refractivity contribution is 5.78. The van der Waals surface area contributed by atoms with Crippen molar-refractivity contribution in [3.05, 3.63) is 12.0 Å². The number of carbonyl (C=O) groups is 3. The quantitative estimate of drug-likeness (QED) is 0.552. The van der Waals surface area contributed by atoms with Gasteiger partial charge in [-0.1, -0.05) is 0 Å². The number of hydrogen-bond acceptors (Lipinski definition) is 7. The number of methoxy groups -OCH3 is 2. The second-order valence-corrected chi connectivity index (χ2v) is 5.28. The molecule has 0 radical (unpaired) electrons. The molecular formula is C15H22N2O7. The van der Waals surface area contributed by atoms with Gasteiger partial charge in [0, 0.05) is 11.8 Å². The number of rotatable bonds is 5. The molecule has 1 aliphatic carbocycles. The van der Waals surface area contributed by atoms with Crippen molar-refractivity contribution in [2.75, 3.05) is 27.4 Å². The van der Waals surface area contributed by atoms with E-state index in [0.717, 1.165) is 5.01 Å². The highest BCUT2D eigenvalue weighted by Crippen LogP contribution is 2.51. The lowest BCUT2D eigenvalue weighted by Gasteiger charge is -2.35. The Bertz CT molecular complexity index is 548. The van der Waals surface area contributed by atoms with Gasteiger partial charge in [0.25, 0.3) is 0 Å². The van der Waals surface area contributed by atoms with E-state index in [1.165, 1.54) is 19.2 Å². The van der Waals surface area contributed by atoms with Gasteiger partial charge in [-0.3, -0.25) is 4.79 Å². The third-order valence-electron chi connectivity index (χ3n) is 3.96. The summed E-state index contributed by atoms with van der Waals surface area (Å²) in [4.78, 5) is 36.2. The normalized spacial score (nSPS) is 24.5. The number of hydrazine groups is 1. The van der Waals surface area contributed by atoms with E-state index in [0.29, 0.717) is 0 Å². The molecule has 0 spiro atoms. The Hall–Kier alpha value is -2.45. The van der Waals surface area contributed by atoms with Gasteiger partial charge in [0.2, 0.25) is 5.88 Å². The lowest BCUT2D eigenvalue weighted by molar-refractivity contribution is -0.141. The second kappa shape index (κ2) is 7.41. The zero-order valence-electron chi connectivity index (χ0n) is 14.2. The number of ether oxygens (including phenoxy) is 4. The summed E-state index contributed by atoms with van der Waals surface area (Å²) in [5.74, 6) is -0.510. The van der Waals surface area contributed by atoms with Crippen molar-refractivity contribution in [2.45, 2.75) is 26.3 Å². The van der Waals surface area contributed by atoms with Crippen LogP contribution >= 0.6 is 0 Å². The molecule has 2 rings (SSSR count). The number of nitrogens with zero attached hydrogens (tertiary/aromatic N) is 2. The number of hydrogen-bond donors (Lipinski definition) is 0. The molecule has 2 amide bonds. The van der Waals surface area contributed by atoms with Crippen LogP contribution in [0.5, 0.6) is 0 Å². The SMILES string of the molecule is CCOC(=O)N1C(OC)=C[C@@H]2[C@H](CC(=O)OC)[C@@H]2N1C(=O)OCC. The Morgan fingerprint density at radius 3 is 2.25 bits per heavy atom. The van der Waals surface area contributed by atoms with E-state index in [1.54, 1.807) is 19.9 Å². The summed E-state index contributed by atoms with van der Waals surface area (Å²) in [5, 5.41) is 2.18. The van der Waals surface area contributed by atoms with Crippen LogP contribution in [0.4, 0.5) is 9.59 Å². The Labute approximate surface area is 140 Å². The molecule has 0 bridgehead atoms. The van der Waals surface area contributed by atoms with Crippen LogP contribution < -0.4 is 0 Å². The van der Waals surface area contributed by atoms with E-state index in [4.69, 9.17) is 14.2 Å². The highest BCUT2D eigenvalue weighted by atomic mass is 16.6. The van der Waals surface area contributed by atoms with Gasteiger partial charge in [-0.2, -0.15) is 0 Å². The maximum absolute atomic E-state index is 12.4. The molecule has 9 nitrogen and oxygen atoms in total. The number of amides is 2. The monoisotopic (exact) mass is 342 g/mol. The van der Waals surface area contributed by atoms with Crippen molar-refractivity contribution < 1.29 is 33.3 Å². The van der Waals surface area contributed by atoms with E-state index >= 15 is 0 Å². The second-order valence-electron chi connectivity index (χ2n) is 5.28. The molecule has 0 unspecified atom stereocenters. The minimum atomic E-state index is -0.749. The van der Waals surface area contributed by atoms with E-state index in [1.807, 2.05) is 0 Å². The van der Waals surface area contributed by atoms with E-state index < -0.39 is 12.2 Å². The van der Waals surface area contributed by atoms with Crippen LogP contribution in [0.1, 0.15) is 20.3 Å². The van der Waals surface area contributed by atoms with Gasteiger partial charge in [0.1, 0.15) is 0 Å². The Balaban J connectivity index is 2.31. The maximum Gasteiger partial charge on any atom is 0.436 e. The molecule has 0 N–H and O–H groups in total. The van der Waals surface area contributed by atoms with Crippen LogP contribution in [-0.4, -0.2) is 61.6 Å². The lowest BCUT2D eigenvalue weighted by Crippen LogP contribution is -2.53. The summed E-state index contributed by atoms with van der Waals surface area (Å²) in [6.45, 7) is 3.62. The van der Waals surface area contributed by atoms with Gasteiger partial charge in [0.15, 0.2) is 0 Å². The van der Waals surface area contributed by atoms with Crippen molar-refractivity contribution in [3.63, 3.8) is 0 Å². The largest absolute Gasteiger partial charge is 0.481 e. The van der Waals surface area contributed by atoms with Gasteiger partial charge >= 0.3 is 18.2 Å². The molecule has 9 heteroatoms. The number of fused-ring (bicyclic) bond motifs is 1. The van der Waals surface area contributed by atoms with Crippen LogP contribution in [0.2, 0.25) is 0 Å². The summed E-state index contributed by atoms with van der Waals surface area (Å²) in [5.41, 5.74) is 0.